The smallest absolute Gasteiger partial charge is 0.340 e. The quantitative estimate of drug-likeness (QED) is 0.0942. The van der Waals surface area contributed by atoms with Crippen molar-refractivity contribution in [3.8, 4) is 5.75 Å². The second-order valence-corrected chi connectivity index (χ2v) is 12.6. The van der Waals surface area contributed by atoms with Gasteiger partial charge in [-0.1, -0.05) is 11.2 Å². The van der Waals surface area contributed by atoms with E-state index in [1.54, 1.807) is 20.8 Å². The summed E-state index contributed by atoms with van der Waals surface area (Å²) in [7, 11) is 0. The number of nitrogens with zero attached hydrogens (tertiary/aromatic N) is 2. The Morgan fingerprint density at radius 3 is 2.23 bits per heavy atom. The Kier molecular flexibility index (Phi) is 8.20. The third kappa shape index (κ3) is 6.36. The third-order valence-corrected chi connectivity index (χ3v) is 7.68. The summed E-state index contributed by atoms with van der Waals surface area (Å²) < 4.78 is 19.6. The van der Waals surface area contributed by atoms with E-state index in [1.807, 2.05) is 82.3 Å². The number of carbonyl (C=O) groups excluding carboxylic acids is 2. The summed E-state index contributed by atoms with van der Waals surface area (Å²) in [6.45, 7) is 16.6. The lowest BCUT2D eigenvalue weighted by molar-refractivity contribution is -0.152. The first-order chi connectivity index (χ1) is 20.3. The van der Waals surface area contributed by atoms with Crippen molar-refractivity contribution in [2.75, 3.05) is 13.2 Å². The van der Waals surface area contributed by atoms with Crippen molar-refractivity contribution in [1.29, 1.82) is 0 Å². The number of aryl methyl sites for hydroxylation is 2. The number of benzene rings is 3. The minimum Gasteiger partial charge on any atom is -0.491 e. The van der Waals surface area contributed by atoms with Crippen LogP contribution >= 0.6 is 0 Å². The van der Waals surface area contributed by atoms with Gasteiger partial charge in [0, 0.05) is 39.5 Å². The molecule has 1 fully saturated rings. The predicted octanol–water partition coefficient (Wildman–Crippen LogP) is 7.20. The summed E-state index contributed by atoms with van der Waals surface area (Å²) >= 11 is 0. The monoisotopic (exact) mass is 584 g/mol. The van der Waals surface area contributed by atoms with E-state index in [0.29, 0.717) is 35.8 Å². The van der Waals surface area contributed by atoms with Crippen molar-refractivity contribution in [3.63, 3.8) is 0 Å². The number of aromatic nitrogens is 1. The Balaban J connectivity index is 1.42. The molecule has 0 bridgehead atoms. The second-order valence-electron chi connectivity index (χ2n) is 12.6. The molecule has 43 heavy (non-hydrogen) atoms. The highest BCUT2D eigenvalue weighted by atomic mass is 16.7. The Morgan fingerprint density at radius 1 is 1.00 bits per heavy atom. The molecule has 8 heteroatoms. The predicted molar refractivity (Wildman–Crippen MR) is 168 cm³/mol. The minimum absolute atomic E-state index is 0.0550. The summed E-state index contributed by atoms with van der Waals surface area (Å²) in [5, 5.41) is 6.08. The first-order valence-corrected chi connectivity index (χ1v) is 14.7. The van der Waals surface area contributed by atoms with Crippen LogP contribution in [0.1, 0.15) is 75.5 Å². The van der Waals surface area contributed by atoms with Crippen LogP contribution in [0.25, 0.3) is 21.8 Å². The highest BCUT2D eigenvalue weighted by Crippen LogP contribution is 2.32. The number of hydrogen-bond donors (Lipinski definition) is 0. The molecule has 1 aliphatic heterocycles. The maximum Gasteiger partial charge on any atom is 0.340 e. The standard InChI is InChI=1S/C35H40N2O6/c1-9-37-30-14-10-23(22(3)36-43-33(39)34(4,5)6)17-28(30)29-18-24(11-15-31(29)37)32(38)27-13-12-25(16-21(27)2)40-19-26-20-41-35(7,8)42-26/h10-18,26H,9,19-20H2,1-8H3/b36-22+. The van der Waals surface area contributed by atoms with Crippen LogP contribution in [-0.4, -0.2) is 47.1 Å². The van der Waals surface area contributed by atoms with Crippen molar-refractivity contribution in [2.24, 2.45) is 10.6 Å². The molecule has 226 valence electrons. The van der Waals surface area contributed by atoms with E-state index < -0.39 is 17.2 Å². The van der Waals surface area contributed by atoms with E-state index >= 15 is 0 Å². The van der Waals surface area contributed by atoms with Gasteiger partial charge in [0.05, 0.1) is 17.7 Å². The van der Waals surface area contributed by atoms with Gasteiger partial charge in [-0.05, 0) is 115 Å². The van der Waals surface area contributed by atoms with Gasteiger partial charge in [-0.15, -0.1) is 0 Å². The molecule has 0 saturated carbocycles. The van der Waals surface area contributed by atoms with Gasteiger partial charge in [-0.25, -0.2) is 4.79 Å². The van der Waals surface area contributed by atoms with E-state index in [9.17, 15) is 9.59 Å². The highest BCUT2D eigenvalue weighted by molar-refractivity contribution is 6.16. The molecule has 1 saturated heterocycles. The van der Waals surface area contributed by atoms with Crippen molar-refractivity contribution >= 4 is 39.3 Å². The molecule has 5 rings (SSSR count). The molecular formula is C35H40N2O6. The fraction of sp³-hybridized carbons (Fsp3) is 0.400. The van der Waals surface area contributed by atoms with Crippen LogP contribution in [0.2, 0.25) is 0 Å². The Bertz CT molecular complexity index is 1740. The normalized spacial score (nSPS) is 17.0. The van der Waals surface area contributed by atoms with E-state index in [0.717, 1.165) is 39.5 Å². The maximum atomic E-state index is 13.7. The van der Waals surface area contributed by atoms with Crippen LogP contribution in [0, 0.1) is 12.3 Å². The summed E-state index contributed by atoms with van der Waals surface area (Å²) in [4.78, 5) is 31.1. The molecule has 2 heterocycles. The molecule has 0 amide bonds. The number of rotatable bonds is 8. The lowest BCUT2D eigenvalue weighted by atomic mass is 9.97. The third-order valence-electron chi connectivity index (χ3n) is 7.68. The van der Waals surface area contributed by atoms with Gasteiger partial charge < -0.3 is 23.6 Å². The van der Waals surface area contributed by atoms with Crippen molar-refractivity contribution in [3.05, 3.63) is 76.9 Å². The van der Waals surface area contributed by atoms with Gasteiger partial charge in [0.15, 0.2) is 11.6 Å². The SMILES string of the molecule is CCn1c2ccc(C(=O)c3ccc(OCC4COC(C)(C)O4)cc3C)cc2c2cc(/C(C)=N/OC(=O)C(C)(C)C)ccc21. The number of fused-ring (bicyclic) bond motifs is 3. The van der Waals surface area contributed by atoms with Gasteiger partial charge >= 0.3 is 5.97 Å². The average Bonchev–Trinajstić information content (AvgIpc) is 3.48. The molecule has 0 aliphatic carbocycles. The Labute approximate surface area is 252 Å². The molecule has 8 nitrogen and oxygen atoms in total. The van der Waals surface area contributed by atoms with E-state index in [4.69, 9.17) is 19.0 Å². The zero-order valence-corrected chi connectivity index (χ0v) is 26.2. The largest absolute Gasteiger partial charge is 0.491 e. The van der Waals surface area contributed by atoms with Crippen LogP contribution in [-0.2, 0) is 25.7 Å². The van der Waals surface area contributed by atoms with Crippen LogP contribution < -0.4 is 4.74 Å². The Hall–Kier alpha value is -4.01. The molecule has 1 aromatic heterocycles. The van der Waals surface area contributed by atoms with Crippen LogP contribution in [0.5, 0.6) is 5.75 Å². The fourth-order valence-corrected chi connectivity index (χ4v) is 5.28. The van der Waals surface area contributed by atoms with E-state index in [1.165, 1.54) is 0 Å². The number of carbonyl (C=O) groups is 2. The summed E-state index contributed by atoms with van der Waals surface area (Å²) in [6, 6.07) is 17.5. The average molecular weight is 585 g/mol. The van der Waals surface area contributed by atoms with Gasteiger partial charge in [-0.2, -0.15) is 0 Å². The van der Waals surface area contributed by atoms with Crippen molar-refractivity contribution in [1.82, 2.24) is 4.57 Å². The molecular weight excluding hydrogens is 544 g/mol. The topological polar surface area (TPSA) is 88.3 Å². The van der Waals surface area contributed by atoms with Gasteiger partial charge in [0.2, 0.25) is 0 Å². The molecule has 3 aromatic carbocycles. The lowest BCUT2D eigenvalue weighted by Gasteiger charge is -2.17. The molecule has 0 N–H and O–H groups in total. The summed E-state index contributed by atoms with van der Waals surface area (Å²) in [6.07, 6.45) is -0.136. The van der Waals surface area contributed by atoms with Crippen LogP contribution in [0.3, 0.4) is 0 Å². The lowest BCUT2D eigenvalue weighted by Crippen LogP contribution is -2.25. The molecule has 4 aromatic rings. The second kappa shape index (κ2) is 11.6. The molecule has 1 aliphatic rings. The number of oxime groups is 1. The van der Waals surface area contributed by atoms with Gasteiger partial charge in [-0.3, -0.25) is 4.79 Å². The minimum atomic E-state index is -0.645. The molecule has 0 radical (unpaired) electrons. The van der Waals surface area contributed by atoms with Crippen LogP contribution in [0.4, 0.5) is 0 Å². The maximum absolute atomic E-state index is 13.7. The zero-order chi connectivity index (χ0) is 31.1. The summed E-state index contributed by atoms with van der Waals surface area (Å²) in [5.41, 5.74) is 4.95. The highest BCUT2D eigenvalue weighted by Gasteiger charge is 2.33. The molecule has 1 unspecified atom stereocenters. The van der Waals surface area contributed by atoms with E-state index in [-0.39, 0.29) is 11.9 Å². The number of ether oxygens (including phenoxy) is 3. The molecule has 0 spiro atoms. The van der Waals surface area contributed by atoms with Crippen LogP contribution in [0.15, 0.2) is 59.8 Å². The summed E-state index contributed by atoms with van der Waals surface area (Å²) in [5.74, 6) is -0.364. The van der Waals surface area contributed by atoms with Crippen molar-refractivity contribution in [2.45, 2.75) is 73.8 Å². The van der Waals surface area contributed by atoms with Crippen molar-refractivity contribution < 1.29 is 28.6 Å². The Morgan fingerprint density at radius 2 is 1.65 bits per heavy atom. The fourth-order valence-electron chi connectivity index (χ4n) is 5.28. The number of ketones is 1. The zero-order valence-electron chi connectivity index (χ0n) is 26.2. The van der Waals surface area contributed by atoms with Gasteiger partial charge in [0.25, 0.3) is 0 Å². The first-order valence-electron chi connectivity index (χ1n) is 14.7. The number of hydrogen-bond acceptors (Lipinski definition) is 7. The molecule has 1 atom stereocenters. The van der Waals surface area contributed by atoms with E-state index in [2.05, 4.69) is 16.6 Å². The first kappa shape index (κ1) is 30.4. The van der Waals surface area contributed by atoms with Gasteiger partial charge in [0.1, 0.15) is 18.5 Å².